The van der Waals surface area contributed by atoms with Gasteiger partial charge >= 0.3 is 0 Å². The van der Waals surface area contributed by atoms with Crippen molar-refractivity contribution < 1.29 is 4.74 Å². The van der Waals surface area contributed by atoms with E-state index in [4.69, 9.17) is 4.74 Å². The maximum absolute atomic E-state index is 5.82. The number of nitrogens with one attached hydrogen (secondary N) is 1. The minimum atomic E-state index is 0.208. The molecule has 0 fully saturated rings. The third kappa shape index (κ3) is 5.18. The fraction of sp³-hybridized carbons (Fsp3) is 0.444. The van der Waals surface area contributed by atoms with Crippen LogP contribution in [-0.4, -0.2) is 12.6 Å². The summed E-state index contributed by atoms with van der Waals surface area (Å²) in [5.41, 5.74) is 1.30. The predicted octanol–water partition coefficient (Wildman–Crippen LogP) is 4.82. The second-order valence-corrected chi connectivity index (χ2v) is 6.56. The van der Waals surface area contributed by atoms with Crippen LogP contribution in [0.25, 0.3) is 0 Å². The molecular weight excluding hydrogens is 278 g/mol. The molecule has 114 valence electrons. The van der Waals surface area contributed by atoms with E-state index in [9.17, 15) is 0 Å². The largest absolute Gasteiger partial charge is 0.491 e. The van der Waals surface area contributed by atoms with Crippen molar-refractivity contribution in [1.82, 2.24) is 5.32 Å². The van der Waals surface area contributed by atoms with Gasteiger partial charge in [-0.2, -0.15) is 0 Å². The van der Waals surface area contributed by atoms with Crippen LogP contribution in [0.1, 0.15) is 43.7 Å². The first kappa shape index (κ1) is 16.1. The van der Waals surface area contributed by atoms with E-state index in [1.165, 1.54) is 10.4 Å². The molecule has 0 aliphatic carbocycles. The fourth-order valence-corrected chi connectivity index (χ4v) is 3.09. The van der Waals surface area contributed by atoms with Crippen molar-refractivity contribution in [3.8, 4) is 5.75 Å². The Kier molecular flexibility index (Phi) is 6.27. The minimum Gasteiger partial charge on any atom is -0.491 e. The molecule has 0 radical (unpaired) electrons. The molecule has 1 aromatic heterocycles. The number of rotatable bonds is 8. The minimum absolute atomic E-state index is 0.208. The van der Waals surface area contributed by atoms with Crippen LogP contribution < -0.4 is 10.1 Å². The second kappa shape index (κ2) is 8.20. The Bertz CT molecular complexity index is 522. The van der Waals surface area contributed by atoms with Crippen molar-refractivity contribution in [1.29, 1.82) is 0 Å². The molecule has 0 amide bonds. The lowest BCUT2D eigenvalue weighted by Gasteiger charge is -2.20. The highest BCUT2D eigenvalue weighted by molar-refractivity contribution is 7.09. The molecule has 1 unspecified atom stereocenters. The highest BCUT2D eigenvalue weighted by atomic mass is 32.1. The van der Waals surface area contributed by atoms with E-state index < -0.39 is 0 Å². The molecule has 0 aliphatic rings. The van der Waals surface area contributed by atoms with Gasteiger partial charge in [0.05, 0.1) is 6.10 Å². The van der Waals surface area contributed by atoms with Crippen LogP contribution in [0, 0.1) is 0 Å². The summed E-state index contributed by atoms with van der Waals surface area (Å²) in [6.45, 7) is 7.36. The van der Waals surface area contributed by atoms with Crippen molar-refractivity contribution in [2.24, 2.45) is 0 Å². The smallest absolute Gasteiger partial charge is 0.120 e. The van der Waals surface area contributed by atoms with Crippen molar-refractivity contribution in [3.05, 3.63) is 52.2 Å². The topological polar surface area (TPSA) is 21.3 Å². The van der Waals surface area contributed by atoms with E-state index in [1.54, 1.807) is 0 Å². The molecule has 0 aliphatic heterocycles. The molecule has 0 spiro atoms. The molecule has 0 saturated heterocycles. The van der Waals surface area contributed by atoms with Crippen LogP contribution in [0.2, 0.25) is 0 Å². The molecule has 2 nitrogen and oxygen atoms in total. The Hall–Kier alpha value is -1.32. The average molecular weight is 303 g/mol. The standard InChI is InChI=1S/C18H25NOS/c1-4-10-19-18(13-17-9-6-11-21-17)15-7-5-8-16(12-15)20-14(2)3/h5-9,11-12,14,18-19H,4,10,13H2,1-3H3. The van der Waals surface area contributed by atoms with Gasteiger partial charge in [0.1, 0.15) is 5.75 Å². The molecule has 0 saturated carbocycles. The highest BCUT2D eigenvalue weighted by Gasteiger charge is 2.13. The Morgan fingerprint density at radius 1 is 1.19 bits per heavy atom. The van der Waals surface area contributed by atoms with Crippen LogP contribution in [0.4, 0.5) is 0 Å². The Morgan fingerprint density at radius 2 is 2.05 bits per heavy atom. The van der Waals surface area contributed by atoms with Gasteiger partial charge in [-0.1, -0.05) is 25.1 Å². The van der Waals surface area contributed by atoms with Crippen molar-refractivity contribution in [2.45, 2.75) is 45.8 Å². The Labute approximate surface area is 132 Å². The summed E-state index contributed by atoms with van der Waals surface area (Å²) in [7, 11) is 0. The van der Waals surface area contributed by atoms with Crippen LogP contribution in [0.3, 0.4) is 0 Å². The zero-order valence-corrected chi connectivity index (χ0v) is 14.0. The summed E-state index contributed by atoms with van der Waals surface area (Å²) in [5.74, 6) is 0.956. The molecule has 21 heavy (non-hydrogen) atoms. The first-order valence-corrected chi connectivity index (χ1v) is 8.59. The molecule has 1 aromatic carbocycles. The van der Waals surface area contributed by atoms with Crippen molar-refractivity contribution in [3.63, 3.8) is 0 Å². The molecule has 0 bridgehead atoms. The first-order valence-electron chi connectivity index (χ1n) is 7.71. The molecule has 1 heterocycles. The van der Waals surface area contributed by atoms with E-state index in [0.717, 1.165) is 25.1 Å². The second-order valence-electron chi connectivity index (χ2n) is 5.53. The van der Waals surface area contributed by atoms with E-state index >= 15 is 0 Å². The lowest BCUT2D eigenvalue weighted by atomic mass is 10.0. The maximum Gasteiger partial charge on any atom is 0.120 e. The monoisotopic (exact) mass is 303 g/mol. The number of hydrogen-bond acceptors (Lipinski definition) is 3. The summed E-state index contributed by atoms with van der Waals surface area (Å²) < 4.78 is 5.82. The first-order chi connectivity index (χ1) is 10.2. The van der Waals surface area contributed by atoms with Gasteiger partial charge in [0.2, 0.25) is 0 Å². The van der Waals surface area contributed by atoms with Gasteiger partial charge in [0, 0.05) is 17.3 Å². The predicted molar refractivity (Wildman–Crippen MR) is 91.3 cm³/mol. The number of thiophene rings is 1. The van der Waals surface area contributed by atoms with Gasteiger partial charge in [-0.15, -0.1) is 11.3 Å². The van der Waals surface area contributed by atoms with Gasteiger partial charge in [0.15, 0.2) is 0 Å². The SMILES string of the molecule is CCCNC(Cc1cccs1)c1cccc(OC(C)C)c1. The quantitative estimate of drug-likeness (QED) is 0.755. The molecular formula is C18H25NOS. The molecule has 2 rings (SSSR count). The van der Waals surface area contributed by atoms with Crippen LogP contribution in [-0.2, 0) is 6.42 Å². The average Bonchev–Trinajstić information content (AvgIpc) is 2.96. The number of ether oxygens (including phenoxy) is 1. The maximum atomic E-state index is 5.82. The normalized spacial score (nSPS) is 12.6. The molecule has 1 N–H and O–H groups in total. The highest BCUT2D eigenvalue weighted by Crippen LogP contribution is 2.25. The summed E-state index contributed by atoms with van der Waals surface area (Å²) in [4.78, 5) is 1.42. The lowest BCUT2D eigenvalue weighted by molar-refractivity contribution is 0.242. The lowest BCUT2D eigenvalue weighted by Crippen LogP contribution is -2.24. The molecule has 2 aromatic rings. The van der Waals surface area contributed by atoms with Gasteiger partial charge in [0.25, 0.3) is 0 Å². The molecule has 3 heteroatoms. The Morgan fingerprint density at radius 3 is 2.71 bits per heavy atom. The summed E-state index contributed by atoms with van der Waals surface area (Å²) >= 11 is 1.82. The number of hydrogen-bond donors (Lipinski definition) is 1. The van der Waals surface area contributed by atoms with Gasteiger partial charge in [-0.3, -0.25) is 0 Å². The van der Waals surface area contributed by atoms with Crippen molar-refractivity contribution >= 4 is 11.3 Å². The van der Waals surface area contributed by atoms with E-state index in [-0.39, 0.29) is 6.10 Å². The van der Waals surface area contributed by atoms with Crippen LogP contribution in [0.5, 0.6) is 5.75 Å². The van der Waals surface area contributed by atoms with Crippen LogP contribution >= 0.6 is 11.3 Å². The van der Waals surface area contributed by atoms with E-state index in [0.29, 0.717) is 6.04 Å². The number of benzene rings is 1. The van der Waals surface area contributed by atoms with Crippen molar-refractivity contribution in [2.75, 3.05) is 6.54 Å². The van der Waals surface area contributed by atoms with Crippen LogP contribution in [0.15, 0.2) is 41.8 Å². The Balaban J connectivity index is 2.14. The summed E-state index contributed by atoms with van der Waals surface area (Å²) in [5, 5.41) is 5.80. The zero-order valence-electron chi connectivity index (χ0n) is 13.1. The molecule has 1 atom stereocenters. The zero-order chi connectivity index (χ0) is 15.1. The van der Waals surface area contributed by atoms with E-state index in [1.807, 2.05) is 17.4 Å². The van der Waals surface area contributed by atoms with Gasteiger partial charge in [-0.05, 0) is 56.0 Å². The van der Waals surface area contributed by atoms with Gasteiger partial charge < -0.3 is 10.1 Å². The summed E-state index contributed by atoms with van der Waals surface area (Å²) in [6, 6.07) is 13.1. The third-order valence-electron chi connectivity index (χ3n) is 3.26. The fourth-order valence-electron chi connectivity index (χ4n) is 2.33. The van der Waals surface area contributed by atoms with E-state index in [2.05, 4.69) is 61.8 Å². The summed E-state index contributed by atoms with van der Waals surface area (Å²) in [6.07, 6.45) is 2.38. The van der Waals surface area contributed by atoms with Gasteiger partial charge in [-0.25, -0.2) is 0 Å². The third-order valence-corrected chi connectivity index (χ3v) is 4.16.